The van der Waals surface area contributed by atoms with E-state index < -0.39 is 18.2 Å². The molecule has 6 heteroatoms. The molecule has 2 amide bonds. The molecule has 2 aliphatic rings. The summed E-state index contributed by atoms with van der Waals surface area (Å²) in [6.45, 7) is 8.49. The van der Waals surface area contributed by atoms with Crippen molar-refractivity contribution in [2.24, 2.45) is 22.2 Å². The molecule has 0 spiro atoms. The van der Waals surface area contributed by atoms with Crippen LogP contribution in [0.4, 0.5) is 5.69 Å². The number of aliphatic imine (C=N–C) groups is 1. The number of aliphatic hydroxyl groups is 1. The van der Waals surface area contributed by atoms with Crippen LogP contribution in [0, 0.1) is 17.3 Å². The van der Waals surface area contributed by atoms with Crippen LogP contribution in [0.15, 0.2) is 29.3 Å². The molecule has 0 saturated heterocycles. The minimum Gasteiger partial charge on any atom is -0.392 e. The summed E-state index contributed by atoms with van der Waals surface area (Å²) in [5.41, 5.74) is 2.51. The first-order valence-corrected chi connectivity index (χ1v) is 12.0. The van der Waals surface area contributed by atoms with Gasteiger partial charge in [0, 0.05) is 18.3 Å². The van der Waals surface area contributed by atoms with Crippen molar-refractivity contribution in [2.45, 2.75) is 84.9 Å². The number of likely N-dealkylation sites (N-methyl/N-ethyl adjacent to an activating group) is 1. The van der Waals surface area contributed by atoms with Gasteiger partial charge < -0.3 is 15.3 Å². The zero-order valence-electron chi connectivity index (χ0n) is 20.2. The Hall–Kier alpha value is -2.21. The highest BCUT2D eigenvalue weighted by atomic mass is 16.3. The first-order valence-electron chi connectivity index (χ1n) is 12.0. The number of hydrogen-bond donors (Lipinski definition) is 2. The number of nitrogens with one attached hydrogen (secondary N) is 1. The number of rotatable bonds is 9. The number of hydrogen-bond acceptors (Lipinski definition) is 4. The van der Waals surface area contributed by atoms with Crippen LogP contribution in [0.2, 0.25) is 0 Å². The summed E-state index contributed by atoms with van der Waals surface area (Å²) in [7, 11) is 1.73. The summed E-state index contributed by atoms with van der Waals surface area (Å²) < 4.78 is 0. The molecule has 176 valence electrons. The molecule has 0 bridgehead atoms. The second-order valence-corrected chi connectivity index (χ2v) is 10.6. The Morgan fingerprint density at radius 3 is 2.59 bits per heavy atom. The van der Waals surface area contributed by atoms with Crippen molar-refractivity contribution in [1.29, 1.82) is 0 Å². The topological polar surface area (TPSA) is 82.0 Å². The summed E-state index contributed by atoms with van der Waals surface area (Å²) in [6, 6.07) is 7.76. The van der Waals surface area contributed by atoms with Crippen LogP contribution < -0.4 is 10.2 Å². The zero-order valence-corrected chi connectivity index (χ0v) is 20.2. The molecular weight excluding hydrogens is 402 g/mol. The fraction of sp³-hybridized carbons (Fsp3) is 0.654. The van der Waals surface area contributed by atoms with Gasteiger partial charge in [-0.15, -0.1) is 0 Å². The second kappa shape index (κ2) is 10.2. The molecule has 6 nitrogen and oxygen atoms in total. The Morgan fingerprint density at radius 2 is 1.97 bits per heavy atom. The van der Waals surface area contributed by atoms with Gasteiger partial charge in [-0.1, -0.05) is 71.6 Å². The standard InChI is InChI=1S/C26H39N3O3/c1-6-7-12-22(30)19(15-17-13-14-17)24(31)28-23-25(32)29(5)21-11-9-8-10-18(21)20(27-23)16-26(2,3)4/h8-11,17,19,22-23,30H,6-7,12-16H2,1-5H3,(H,28,31)/t19?,22?,23-/m1/s1. The number of aliphatic hydroxyl groups excluding tert-OH is 1. The predicted molar refractivity (Wildman–Crippen MR) is 129 cm³/mol. The van der Waals surface area contributed by atoms with Crippen LogP contribution in [0.1, 0.15) is 78.2 Å². The summed E-state index contributed by atoms with van der Waals surface area (Å²) in [4.78, 5) is 33.0. The van der Waals surface area contributed by atoms with Crippen molar-refractivity contribution < 1.29 is 14.7 Å². The molecule has 1 fully saturated rings. The number of benzene rings is 1. The van der Waals surface area contributed by atoms with Gasteiger partial charge in [0.1, 0.15) is 0 Å². The fourth-order valence-corrected chi connectivity index (χ4v) is 4.34. The molecule has 1 heterocycles. The van der Waals surface area contributed by atoms with Crippen LogP contribution >= 0.6 is 0 Å². The average Bonchev–Trinajstić information content (AvgIpc) is 3.57. The minimum atomic E-state index is -0.989. The monoisotopic (exact) mass is 441 g/mol. The van der Waals surface area contributed by atoms with E-state index in [1.165, 1.54) is 0 Å². The van der Waals surface area contributed by atoms with Gasteiger partial charge >= 0.3 is 0 Å². The van der Waals surface area contributed by atoms with E-state index in [0.29, 0.717) is 25.2 Å². The van der Waals surface area contributed by atoms with Crippen LogP contribution in [-0.2, 0) is 9.59 Å². The molecule has 2 unspecified atom stereocenters. The average molecular weight is 442 g/mol. The Kier molecular flexibility index (Phi) is 7.75. The Balaban J connectivity index is 1.88. The molecule has 1 aliphatic heterocycles. The molecule has 1 aliphatic carbocycles. The lowest BCUT2D eigenvalue weighted by molar-refractivity contribution is -0.133. The number of unbranched alkanes of at least 4 members (excludes halogenated alkanes) is 1. The van der Waals surface area contributed by atoms with E-state index in [9.17, 15) is 14.7 Å². The van der Waals surface area contributed by atoms with E-state index in [1.54, 1.807) is 11.9 Å². The van der Waals surface area contributed by atoms with Crippen LogP contribution in [0.25, 0.3) is 0 Å². The molecule has 1 saturated carbocycles. The SMILES string of the molecule is CCCCC(O)C(CC1CC1)C(=O)N[C@H]1N=C(CC(C)(C)C)c2ccccc2N(C)C1=O. The number of fused-ring (bicyclic) bond motifs is 1. The van der Waals surface area contributed by atoms with Crippen molar-refractivity contribution in [1.82, 2.24) is 5.32 Å². The van der Waals surface area contributed by atoms with Crippen LogP contribution in [0.5, 0.6) is 0 Å². The highest BCUT2D eigenvalue weighted by Crippen LogP contribution is 2.37. The van der Waals surface area contributed by atoms with Crippen molar-refractivity contribution in [3.05, 3.63) is 29.8 Å². The third-order valence-corrected chi connectivity index (χ3v) is 6.34. The molecular formula is C26H39N3O3. The lowest BCUT2D eigenvalue weighted by Gasteiger charge is -2.25. The van der Waals surface area contributed by atoms with E-state index in [4.69, 9.17) is 4.99 Å². The maximum atomic E-state index is 13.3. The first-order chi connectivity index (χ1) is 15.1. The zero-order chi connectivity index (χ0) is 23.5. The third kappa shape index (κ3) is 6.18. The van der Waals surface area contributed by atoms with E-state index in [-0.39, 0.29) is 17.2 Å². The summed E-state index contributed by atoms with van der Waals surface area (Å²) in [6.07, 6.45) is 4.35. The smallest absolute Gasteiger partial charge is 0.272 e. The molecule has 1 aromatic rings. The molecule has 1 aromatic carbocycles. The van der Waals surface area contributed by atoms with Gasteiger partial charge in [0.2, 0.25) is 12.1 Å². The molecule has 2 N–H and O–H groups in total. The van der Waals surface area contributed by atoms with Gasteiger partial charge in [-0.2, -0.15) is 0 Å². The lowest BCUT2D eigenvalue weighted by Crippen LogP contribution is -2.49. The van der Waals surface area contributed by atoms with Gasteiger partial charge in [-0.3, -0.25) is 14.6 Å². The van der Waals surface area contributed by atoms with Crippen LogP contribution in [-0.4, -0.2) is 41.9 Å². The summed E-state index contributed by atoms with van der Waals surface area (Å²) in [5, 5.41) is 13.6. The number of benzodiazepines with no additional fused rings is 1. The van der Waals surface area contributed by atoms with Crippen molar-refractivity contribution in [3.63, 3.8) is 0 Å². The van der Waals surface area contributed by atoms with Gasteiger partial charge in [-0.05, 0) is 36.7 Å². The number of amides is 2. The Morgan fingerprint density at radius 1 is 1.28 bits per heavy atom. The molecule has 3 atom stereocenters. The van der Waals surface area contributed by atoms with Crippen LogP contribution in [0.3, 0.4) is 0 Å². The number of anilines is 1. The maximum Gasteiger partial charge on any atom is 0.272 e. The highest BCUT2D eigenvalue weighted by molar-refractivity contribution is 6.13. The van der Waals surface area contributed by atoms with E-state index in [2.05, 4.69) is 33.0 Å². The quantitative estimate of drug-likeness (QED) is 0.599. The predicted octanol–water partition coefficient (Wildman–Crippen LogP) is 4.30. The second-order valence-electron chi connectivity index (χ2n) is 10.6. The summed E-state index contributed by atoms with van der Waals surface area (Å²) >= 11 is 0. The van der Waals surface area contributed by atoms with E-state index in [0.717, 1.165) is 42.6 Å². The van der Waals surface area contributed by atoms with E-state index in [1.807, 2.05) is 24.3 Å². The van der Waals surface area contributed by atoms with Gasteiger partial charge in [0.25, 0.3) is 5.91 Å². The van der Waals surface area contributed by atoms with Crippen molar-refractivity contribution >= 4 is 23.2 Å². The van der Waals surface area contributed by atoms with E-state index >= 15 is 0 Å². The molecule has 3 rings (SSSR count). The minimum absolute atomic E-state index is 0.0304. The third-order valence-electron chi connectivity index (χ3n) is 6.34. The van der Waals surface area contributed by atoms with Crippen molar-refractivity contribution in [3.8, 4) is 0 Å². The van der Waals surface area contributed by atoms with Gasteiger partial charge in [-0.25, -0.2) is 0 Å². The first kappa shape index (κ1) is 24.4. The Labute approximate surface area is 192 Å². The number of carbonyl (C=O) groups excluding carboxylic acids is 2. The number of para-hydroxylation sites is 1. The molecule has 32 heavy (non-hydrogen) atoms. The number of carbonyl (C=O) groups is 2. The largest absolute Gasteiger partial charge is 0.392 e. The highest BCUT2D eigenvalue weighted by Gasteiger charge is 2.37. The summed E-state index contributed by atoms with van der Waals surface area (Å²) in [5.74, 6) is -0.530. The van der Waals surface area contributed by atoms with Gasteiger partial charge in [0.05, 0.1) is 17.7 Å². The fourth-order valence-electron chi connectivity index (χ4n) is 4.34. The molecule has 0 radical (unpaired) electrons. The lowest BCUT2D eigenvalue weighted by atomic mass is 9.87. The number of nitrogens with zero attached hydrogens (tertiary/aromatic N) is 2. The normalized spacial score (nSPS) is 20.8. The maximum absolute atomic E-state index is 13.3. The van der Waals surface area contributed by atoms with Crippen molar-refractivity contribution in [2.75, 3.05) is 11.9 Å². The van der Waals surface area contributed by atoms with Gasteiger partial charge in [0.15, 0.2) is 0 Å². The molecule has 0 aromatic heterocycles. The Bertz CT molecular complexity index is 854.